The van der Waals surface area contributed by atoms with Crippen LogP contribution >= 0.6 is 0 Å². The summed E-state index contributed by atoms with van der Waals surface area (Å²) < 4.78 is 5.71. The number of hydrogen-bond acceptors (Lipinski definition) is 5. The van der Waals surface area contributed by atoms with Crippen molar-refractivity contribution in [2.45, 2.75) is 135 Å². The second kappa shape index (κ2) is 20.3. The van der Waals surface area contributed by atoms with Gasteiger partial charge in [0.15, 0.2) is 12.2 Å². The molecule has 2 atom stereocenters. The quantitative estimate of drug-likeness (QED) is 0.132. The maximum Gasteiger partial charge on any atom is 0.335 e. The molecule has 6 nitrogen and oxygen atoms in total. The van der Waals surface area contributed by atoms with Gasteiger partial charge in [-0.1, -0.05) is 110 Å². The lowest BCUT2D eigenvalue weighted by Crippen LogP contribution is -2.46. The number of quaternary nitrogens is 1. The SMILES string of the molecule is CCCCCCCCCCCCCCCCCCC(O)C(=O)OC(CC(=O)[O-])C[N+](C)(C)C. The highest BCUT2D eigenvalue weighted by Crippen LogP contribution is 2.15. The lowest BCUT2D eigenvalue weighted by atomic mass is 10.0. The summed E-state index contributed by atoms with van der Waals surface area (Å²) in [6, 6.07) is 0. The highest BCUT2D eigenvalue weighted by molar-refractivity contribution is 5.75. The summed E-state index contributed by atoms with van der Waals surface area (Å²) in [4.78, 5) is 23.0. The molecule has 0 saturated heterocycles. The van der Waals surface area contributed by atoms with Gasteiger partial charge in [-0.15, -0.1) is 0 Å². The lowest BCUT2D eigenvalue weighted by molar-refractivity contribution is -0.873. The number of aliphatic hydroxyl groups is 1. The maximum absolute atomic E-state index is 12.1. The minimum absolute atomic E-state index is 0.353. The van der Waals surface area contributed by atoms with Crippen molar-refractivity contribution in [2.24, 2.45) is 0 Å². The number of nitrogens with zero attached hydrogens (tertiary/aromatic N) is 1. The van der Waals surface area contributed by atoms with Crippen LogP contribution in [-0.4, -0.2) is 61.4 Å². The Morgan fingerprint density at radius 1 is 0.758 bits per heavy atom. The summed E-state index contributed by atoms with van der Waals surface area (Å²) >= 11 is 0. The van der Waals surface area contributed by atoms with Crippen molar-refractivity contribution in [1.29, 1.82) is 0 Å². The van der Waals surface area contributed by atoms with Gasteiger partial charge in [0.05, 0.1) is 21.1 Å². The molecule has 0 aliphatic carbocycles. The predicted molar refractivity (Wildman–Crippen MR) is 133 cm³/mol. The molecular formula is C27H53NO5. The molecule has 0 heterocycles. The smallest absolute Gasteiger partial charge is 0.335 e. The molecule has 1 N–H and O–H groups in total. The van der Waals surface area contributed by atoms with E-state index in [4.69, 9.17) is 4.74 Å². The fourth-order valence-corrected chi connectivity index (χ4v) is 4.19. The summed E-state index contributed by atoms with van der Waals surface area (Å²) in [5.41, 5.74) is 0. The Bertz CT molecular complexity index is 489. The predicted octanol–water partition coefficient (Wildman–Crippen LogP) is 4.76. The number of hydrogen-bond donors (Lipinski definition) is 1. The first-order valence-electron chi connectivity index (χ1n) is 13.5. The average molecular weight is 472 g/mol. The van der Waals surface area contributed by atoms with Crippen LogP contribution in [0.2, 0.25) is 0 Å². The number of ether oxygens (including phenoxy) is 1. The van der Waals surface area contributed by atoms with Crippen LogP contribution in [0.4, 0.5) is 0 Å². The normalized spacial score (nSPS) is 13.6. The molecule has 0 fully saturated rings. The molecule has 196 valence electrons. The van der Waals surface area contributed by atoms with Crippen molar-refractivity contribution in [3.05, 3.63) is 0 Å². The van der Waals surface area contributed by atoms with Gasteiger partial charge in [0.25, 0.3) is 0 Å². The van der Waals surface area contributed by atoms with Crippen molar-refractivity contribution < 1.29 is 29.0 Å². The number of unbranched alkanes of at least 4 members (excludes halogenated alkanes) is 15. The van der Waals surface area contributed by atoms with Crippen molar-refractivity contribution in [3.63, 3.8) is 0 Å². The number of aliphatic hydroxyl groups excluding tert-OH is 1. The van der Waals surface area contributed by atoms with Crippen molar-refractivity contribution in [3.8, 4) is 0 Å². The Balaban J connectivity index is 3.66. The fraction of sp³-hybridized carbons (Fsp3) is 0.926. The zero-order chi connectivity index (χ0) is 25.0. The average Bonchev–Trinajstić information content (AvgIpc) is 2.71. The number of aliphatic carboxylic acids is 1. The second-order valence-corrected chi connectivity index (χ2v) is 10.7. The summed E-state index contributed by atoms with van der Waals surface area (Å²) in [5.74, 6) is -1.98. The first kappa shape index (κ1) is 31.9. The van der Waals surface area contributed by atoms with Gasteiger partial charge in [0.2, 0.25) is 0 Å². The van der Waals surface area contributed by atoms with E-state index in [2.05, 4.69) is 6.92 Å². The summed E-state index contributed by atoms with van der Waals surface area (Å²) in [5, 5.41) is 21.0. The largest absolute Gasteiger partial charge is 0.550 e. The van der Waals surface area contributed by atoms with E-state index in [0.717, 1.165) is 19.3 Å². The minimum atomic E-state index is -1.26. The third-order valence-corrected chi connectivity index (χ3v) is 6.03. The van der Waals surface area contributed by atoms with Gasteiger partial charge >= 0.3 is 5.97 Å². The minimum Gasteiger partial charge on any atom is -0.550 e. The van der Waals surface area contributed by atoms with E-state index in [0.29, 0.717) is 17.4 Å². The zero-order valence-electron chi connectivity index (χ0n) is 22.1. The van der Waals surface area contributed by atoms with Crippen LogP contribution in [-0.2, 0) is 14.3 Å². The van der Waals surface area contributed by atoms with Gasteiger partial charge < -0.3 is 24.2 Å². The van der Waals surface area contributed by atoms with Crippen LogP contribution in [0.5, 0.6) is 0 Å². The molecule has 0 aliphatic rings. The highest BCUT2D eigenvalue weighted by atomic mass is 16.6. The Hall–Kier alpha value is -1.14. The van der Waals surface area contributed by atoms with E-state index in [1.54, 1.807) is 0 Å². The summed E-state index contributed by atoms with van der Waals surface area (Å²) in [7, 11) is 5.68. The topological polar surface area (TPSA) is 86.7 Å². The lowest BCUT2D eigenvalue weighted by Gasteiger charge is -2.29. The van der Waals surface area contributed by atoms with Gasteiger partial charge in [-0.2, -0.15) is 0 Å². The summed E-state index contributed by atoms with van der Waals surface area (Å²) in [6.45, 7) is 2.61. The van der Waals surface area contributed by atoms with E-state index in [1.165, 1.54) is 83.5 Å². The molecule has 0 bridgehead atoms. The van der Waals surface area contributed by atoms with Crippen LogP contribution in [0.3, 0.4) is 0 Å². The molecule has 6 heteroatoms. The molecule has 33 heavy (non-hydrogen) atoms. The molecule has 0 amide bonds. The van der Waals surface area contributed by atoms with E-state index >= 15 is 0 Å². The number of esters is 1. The van der Waals surface area contributed by atoms with E-state index in [9.17, 15) is 19.8 Å². The number of likely N-dealkylation sites (N-methyl/N-ethyl adjacent to an activating group) is 1. The van der Waals surface area contributed by atoms with Crippen LogP contribution in [0.1, 0.15) is 122 Å². The van der Waals surface area contributed by atoms with Gasteiger partial charge in [0, 0.05) is 12.4 Å². The van der Waals surface area contributed by atoms with Gasteiger partial charge in [0.1, 0.15) is 6.54 Å². The summed E-state index contributed by atoms with van der Waals surface area (Å²) in [6.07, 6.45) is 18.5. The molecule has 0 saturated carbocycles. The Morgan fingerprint density at radius 2 is 1.15 bits per heavy atom. The molecule has 0 spiro atoms. The van der Waals surface area contributed by atoms with Gasteiger partial charge in [-0.25, -0.2) is 4.79 Å². The van der Waals surface area contributed by atoms with Crippen LogP contribution in [0.15, 0.2) is 0 Å². The molecule has 0 rings (SSSR count). The monoisotopic (exact) mass is 471 g/mol. The van der Waals surface area contributed by atoms with Gasteiger partial charge in [-0.3, -0.25) is 0 Å². The molecule has 2 unspecified atom stereocenters. The second-order valence-electron chi connectivity index (χ2n) is 10.7. The van der Waals surface area contributed by atoms with Crippen molar-refractivity contribution in [2.75, 3.05) is 27.7 Å². The molecule has 0 aromatic rings. The standard InChI is InChI=1S/C27H53NO5/c1-5-6-7-8-9-10-11-12-13-14-15-16-17-18-19-20-21-25(29)27(32)33-24(22-26(30)31)23-28(2,3)4/h24-25,29H,5-23H2,1-4H3. The Labute approximate surface area is 203 Å². The van der Waals surface area contributed by atoms with Gasteiger partial charge in [-0.05, 0) is 6.42 Å². The molecular weight excluding hydrogens is 418 g/mol. The fourth-order valence-electron chi connectivity index (χ4n) is 4.19. The number of carboxylic acid groups (broad SMARTS) is 1. The van der Waals surface area contributed by atoms with E-state index < -0.39 is 24.1 Å². The van der Waals surface area contributed by atoms with E-state index in [1.807, 2.05) is 21.1 Å². The first-order chi connectivity index (χ1) is 15.7. The first-order valence-corrected chi connectivity index (χ1v) is 13.5. The van der Waals surface area contributed by atoms with Crippen molar-refractivity contribution in [1.82, 2.24) is 0 Å². The zero-order valence-corrected chi connectivity index (χ0v) is 22.1. The third kappa shape index (κ3) is 22.4. The van der Waals surface area contributed by atoms with Crippen molar-refractivity contribution >= 4 is 11.9 Å². The van der Waals surface area contributed by atoms with Crippen LogP contribution in [0, 0.1) is 0 Å². The molecule has 0 aromatic carbocycles. The number of carbonyl (C=O) groups is 2. The third-order valence-electron chi connectivity index (χ3n) is 6.03. The maximum atomic E-state index is 12.1. The number of carbonyl (C=O) groups excluding carboxylic acids is 2. The number of rotatable bonds is 23. The molecule has 0 aliphatic heterocycles. The molecule has 0 aromatic heterocycles. The highest BCUT2D eigenvalue weighted by Gasteiger charge is 2.25. The van der Waals surface area contributed by atoms with Crippen LogP contribution in [0.25, 0.3) is 0 Å². The van der Waals surface area contributed by atoms with Crippen LogP contribution < -0.4 is 5.11 Å². The Morgan fingerprint density at radius 3 is 1.52 bits per heavy atom. The molecule has 0 radical (unpaired) electrons. The van der Waals surface area contributed by atoms with E-state index in [-0.39, 0.29) is 6.42 Å². The number of carboxylic acids is 1. The Kier molecular flexibility index (Phi) is 19.6.